The Hall–Kier alpha value is -1.77. The van der Waals surface area contributed by atoms with E-state index in [-0.39, 0.29) is 0 Å². The fourth-order valence-electron chi connectivity index (χ4n) is 1.91. The molecule has 0 fully saturated rings. The zero-order chi connectivity index (χ0) is 12.1. The summed E-state index contributed by atoms with van der Waals surface area (Å²) in [5.41, 5.74) is 7.60. The van der Waals surface area contributed by atoms with Crippen molar-refractivity contribution in [3.8, 4) is 11.4 Å². The van der Waals surface area contributed by atoms with Crippen molar-refractivity contribution < 1.29 is 0 Å². The molecule has 17 heavy (non-hydrogen) atoms. The molecule has 1 heterocycles. The highest BCUT2D eigenvalue weighted by atomic mass is 15.1. The van der Waals surface area contributed by atoms with E-state index < -0.39 is 0 Å². The predicted octanol–water partition coefficient (Wildman–Crippen LogP) is 3.32. The van der Waals surface area contributed by atoms with Crippen molar-refractivity contribution >= 4 is 5.69 Å². The van der Waals surface area contributed by atoms with Crippen molar-refractivity contribution in [2.24, 2.45) is 0 Å². The summed E-state index contributed by atoms with van der Waals surface area (Å²) in [5, 5.41) is 0. The molecule has 2 aromatic rings. The van der Waals surface area contributed by atoms with Crippen molar-refractivity contribution in [2.75, 3.05) is 5.73 Å². The number of imidazole rings is 1. The number of nitrogens with zero attached hydrogens (tertiary/aromatic N) is 2. The minimum absolute atomic E-state index is 0.790. The minimum atomic E-state index is 0.790. The first-order valence-electron chi connectivity index (χ1n) is 6.18. The van der Waals surface area contributed by atoms with Gasteiger partial charge in [0.1, 0.15) is 5.82 Å². The third kappa shape index (κ3) is 2.87. The summed E-state index contributed by atoms with van der Waals surface area (Å²) < 4.78 is 2.21. The summed E-state index contributed by atoms with van der Waals surface area (Å²) >= 11 is 0. The first-order valence-corrected chi connectivity index (χ1v) is 6.18. The summed E-state index contributed by atoms with van der Waals surface area (Å²) in [6, 6.07) is 7.88. The molecule has 0 saturated carbocycles. The normalized spacial score (nSPS) is 10.6. The van der Waals surface area contributed by atoms with E-state index in [9.17, 15) is 0 Å². The number of nitrogens with two attached hydrogens (primary N) is 1. The van der Waals surface area contributed by atoms with Gasteiger partial charge in [0.05, 0.1) is 0 Å². The summed E-state index contributed by atoms with van der Waals surface area (Å²) in [5.74, 6) is 1.03. The van der Waals surface area contributed by atoms with Crippen molar-refractivity contribution in [1.82, 2.24) is 9.55 Å². The maximum Gasteiger partial charge on any atom is 0.139 e. The lowest BCUT2D eigenvalue weighted by atomic mass is 10.2. The maximum absolute atomic E-state index is 5.69. The van der Waals surface area contributed by atoms with Crippen LogP contribution in [0.4, 0.5) is 5.69 Å². The quantitative estimate of drug-likeness (QED) is 0.631. The number of unbranched alkanes of at least 4 members (excludes halogenated alkanes) is 2. The van der Waals surface area contributed by atoms with Crippen LogP contribution < -0.4 is 5.73 Å². The van der Waals surface area contributed by atoms with Crippen LogP contribution in [-0.4, -0.2) is 9.55 Å². The molecule has 3 nitrogen and oxygen atoms in total. The van der Waals surface area contributed by atoms with Gasteiger partial charge in [-0.25, -0.2) is 4.98 Å². The molecule has 0 unspecified atom stereocenters. The number of hydrogen-bond donors (Lipinski definition) is 1. The van der Waals surface area contributed by atoms with Crippen LogP contribution >= 0.6 is 0 Å². The molecular weight excluding hydrogens is 210 g/mol. The van der Waals surface area contributed by atoms with Crippen molar-refractivity contribution in [1.29, 1.82) is 0 Å². The average molecular weight is 229 g/mol. The van der Waals surface area contributed by atoms with Crippen LogP contribution in [0.2, 0.25) is 0 Å². The number of hydrogen-bond acceptors (Lipinski definition) is 2. The Balaban J connectivity index is 2.15. The number of aromatic nitrogens is 2. The number of rotatable bonds is 5. The van der Waals surface area contributed by atoms with Gasteiger partial charge in [0.2, 0.25) is 0 Å². The lowest BCUT2D eigenvalue weighted by molar-refractivity contribution is 0.606. The first-order chi connectivity index (χ1) is 8.31. The van der Waals surface area contributed by atoms with E-state index in [2.05, 4.69) is 16.5 Å². The molecule has 3 heteroatoms. The highest BCUT2D eigenvalue weighted by molar-refractivity contribution is 5.59. The molecule has 0 radical (unpaired) electrons. The van der Waals surface area contributed by atoms with E-state index >= 15 is 0 Å². The van der Waals surface area contributed by atoms with Gasteiger partial charge in [0.25, 0.3) is 0 Å². The molecule has 0 amide bonds. The van der Waals surface area contributed by atoms with Gasteiger partial charge in [-0.2, -0.15) is 0 Å². The summed E-state index contributed by atoms with van der Waals surface area (Å²) in [6.07, 6.45) is 7.61. The highest BCUT2D eigenvalue weighted by Crippen LogP contribution is 2.19. The van der Waals surface area contributed by atoms with Crippen molar-refractivity contribution in [3.63, 3.8) is 0 Å². The third-order valence-corrected chi connectivity index (χ3v) is 2.89. The van der Waals surface area contributed by atoms with Crippen LogP contribution in [0.25, 0.3) is 11.4 Å². The van der Waals surface area contributed by atoms with Crippen LogP contribution in [0.5, 0.6) is 0 Å². The molecule has 2 rings (SSSR count). The predicted molar refractivity (Wildman–Crippen MR) is 71.6 cm³/mol. The molecule has 0 atom stereocenters. The molecule has 0 aliphatic heterocycles. The van der Waals surface area contributed by atoms with Gasteiger partial charge in [-0.15, -0.1) is 0 Å². The first kappa shape index (κ1) is 11.7. The van der Waals surface area contributed by atoms with Crippen LogP contribution in [0.15, 0.2) is 36.7 Å². The third-order valence-electron chi connectivity index (χ3n) is 2.89. The lowest BCUT2D eigenvalue weighted by Crippen LogP contribution is -1.99. The number of aryl methyl sites for hydroxylation is 1. The SMILES string of the molecule is CCCCCn1ccnc1-c1ccc(N)cc1. The second-order valence-electron chi connectivity index (χ2n) is 4.27. The number of anilines is 1. The molecule has 0 spiro atoms. The Labute approximate surface area is 102 Å². The highest BCUT2D eigenvalue weighted by Gasteiger charge is 2.04. The molecule has 0 aliphatic carbocycles. The molecule has 1 aromatic carbocycles. The molecule has 2 N–H and O–H groups in total. The average Bonchev–Trinajstić information content (AvgIpc) is 2.79. The molecule has 90 valence electrons. The second-order valence-corrected chi connectivity index (χ2v) is 4.27. The smallest absolute Gasteiger partial charge is 0.139 e. The summed E-state index contributed by atoms with van der Waals surface area (Å²) in [4.78, 5) is 4.42. The molecule has 0 aliphatic rings. The van der Waals surface area contributed by atoms with E-state index in [1.54, 1.807) is 0 Å². The minimum Gasteiger partial charge on any atom is -0.399 e. The Bertz CT molecular complexity index is 457. The molecule has 1 aromatic heterocycles. The lowest BCUT2D eigenvalue weighted by Gasteiger charge is -2.07. The molecule has 0 bridgehead atoms. The van der Waals surface area contributed by atoms with Crippen molar-refractivity contribution in [3.05, 3.63) is 36.7 Å². The van der Waals surface area contributed by atoms with Gasteiger partial charge in [0, 0.05) is 30.2 Å². The Morgan fingerprint density at radius 2 is 1.94 bits per heavy atom. The Morgan fingerprint density at radius 3 is 2.65 bits per heavy atom. The Kier molecular flexibility index (Phi) is 3.81. The van der Waals surface area contributed by atoms with E-state index in [1.165, 1.54) is 19.3 Å². The van der Waals surface area contributed by atoms with E-state index in [0.717, 1.165) is 23.6 Å². The van der Waals surface area contributed by atoms with E-state index in [4.69, 9.17) is 5.73 Å². The van der Waals surface area contributed by atoms with Crippen LogP contribution in [0.1, 0.15) is 26.2 Å². The van der Waals surface area contributed by atoms with Gasteiger partial charge in [-0.05, 0) is 30.7 Å². The van der Waals surface area contributed by atoms with Crippen LogP contribution in [0.3, 0.4) is 0 Å². The summed E-state index contributed by atoms with van der Waals surface area (Å²) in [6.45, 7) is 3.25. The number of benzene rings is 1. The molecular formula is C14H19N3. The van der Waals surface area contributed by atoms with Crippen LogP contribution in [0, 0.1) is 0 Å². The van der Waals surface area contributed by atoms with Gasteiger partial charge in [-0.1, -0.05) is 19.8 Å². The van der Waals surface area contributed by atoms with Crippen molar-refractivity contribution in [2.45, 2.75) is 32.7 Å². The fourth-order valence-corrected chi connectivity index (χ4v) is 1.91. The second kappa shape index (κ2) is 5.53. The van der Waals surface area contributed by atoms with Gasteiger partial charge >= 0.3 is 0 Å². The van der Waals surface area contributed by atoms with E-state index in [1.807, 2.05) is 36.7 Å². The standard InChI is InChI=1S/C14H19N3/c1-2-3-4-10-17-11-9-16-14(17)12-5-7-13(15)8-6-12/h5-9,11H,2-4,10,15H2,1H3. The Morgan fingerprint density at radius 1 is 1.18 bits per heavy atom. The van der Waals surface area contributed by atoms with E-state index in [0.29, 0.717) is 0 Å². The van der Waals surface area contributed by atoms with Crippen LogP contribution in [-0.2, 0) is 6.54 Å². The summed E-state index contributed by atoms with van der Waals surface area (Å²) in [7, 11) is 0. The number of nitrogen functional groups attached to an aromatic ring is 1. The largest absolute Gasteiger partial charge is 0.399 e. The fraction of sp³-hybridized carbons (Fsp3) is 0.357. The van der Waals surface area contributed by atoms with Gasteiger partial charge < -0.3 is 10.3 Å². The van der Waals surface area contributed by atoms with Gasteiger partial charge in [-0.3, -0.25) is 0 Å². The monoisotopic (exact) mass is 229 g/mol. The van der Waals surface area contributed by atoms with Gasteiger partial charge in [0.15, 0.2) is 0 Å². The molecule has 0 saturated heterocycles. The maximum atomic E-state index is 5.69. The topological polar surface area (TPSA) is 43.8 Å². The zero-order valence-electron chi connectivity index (χ0n) is 10.3. The zero-order valence-corrected chi connectivity index (χ0v) is 10.3.